The summed E-state index contributed by atoms with van der Waals surface area (Å²) in [5.41, 5.74) is 7.96. The number of halogens is 1. The Kier molecular flexibility index (Phi) is 5.11. The van der Waals surface area contributed by atoms with Crippen molar-refractivity contribution in [1.29, 1.82) is 0 Å². The van der Waals surface area contributed by atoms with Gasteiger partial charge in [-0.2, -0.15) is 0 Å². The van der Waals surface area contributed by atoms with Gasteiger partial charge in [0.05, 0.1) is 4.92 Å². The smallest absolute Gasteiger partial charge is 0.272 e. The third-order valence-corrected chi connectivity index (χ3v) is 3.72. The number of nitro groups is 1. The summed E-state index contributed by atoms with van der Waals surface area (Å²) in [6.07, 6.45) is 4.74. The number of benzene rings is 1. The fourth-order valence-electron chi connectivity index (χ4n) is 2.62. The normalized spacial score (nSPS) is 17.2. The molecule has 0 radical (unpaired) electrons. The molecule has 1 atom stereocenters. The SMILES string of the molecule is Cc1ccc([C@@H](N)C2CCCC2)cc1[N+](=O)[O-].Cl. The van der Waals surface area contributed by atoms with Gasteiger partial charge >= 0.3 is 0 Å². The van der Waals surface area contributed by atoms with Crippen LogP contribution in [0.1, 0.15) is 42.9 Å². The molecule has 2 N–H and O–H groups in total. The molecule has 100 valence electrons. The first-order valence-corrected chi connectivity index (χ1v) is 6.10. The second kappa shape index (κ2) is 6.16. The summed E-state index contributed by atoms with van der Waals surface area (Å²) < 4.78 is 0. The van der Waals surface area contributed by atoms with Crippen molar-refractivity contribution < 1.29 is 4.92 Å². The van der Waals surface area contributed by atoms with Crippen LogP contribution in [0.2, 0.25) is 0 Å². The van der Waals surface area contributed by atoms with E-state index in [-0.39, 0.29) is 29.1 Å². The highest BCUT2D eigenvalue weighted by Crippen LogP contribution is 2.35. The summed E-state index contributed by atoms with van der Waals surface area (Å²) in [5.74, 6) is 0.484. The van der Waals surface area contributed by atoms with Crippen LogP contribution in [0.25, 0.3) is 0 Å². The fraction of sp³-hybridized carbons (Fsp3) is 0.538. The largest absolute Gasteiger partial charge is 0.324 e. The Morgan fingerprint density at radius 3 is 2.56 bits per heavy atom. The summed E-state index contributed by atoms with van der Waals surface area (Å²) in [6.45, 7) is 1.75. The lowest BCUT2D eigenvalue weighted by Gasteiger charge is -2.19. The first kappa shape index (κ1) is 14.9. The van der Waals surface area contributed by atoms with Crippen molar-refractivity contribution in [2.45, 2.75) is 38.6 Å². The third-order valence-electron chi connectivity index (χ3n) is 3.72. The van der Waals surface area contributed by atoms with Gasteiger partial charge in [0.2, 0.25) is 0 Å². The van der Waals surface area contributed by atoms with Crippen LogP contribution in [-0.2, 0) is 0 Å². The molecule has 0 aromatic heterocycles. The van der Waals surface area contributed by atoms with E-state index in [1.54, 1.807) is 19.1 Å². The van der Waals surface area contributed by atoms with E-state index < -0.39 is 0 Å². The lowest BCUT2D eigenvalue weighted by molar-refractivity contribution is -0.385. The number of hydrogen-bond acceptors (Lipinski definition) is 3. The van der Waals surface area contributed by atoms with Crippen molar-refractivity contribution >= 4 is 18.1 Å². The molecule has 0 amide bonds. The van der Waals surface area contributed by atoms with Crippen LogP contribution in [0.3, 0.4) is 0 Å². The molecule has 0 aliphatic heterocycles. The quantitative estimate of drug-likeness (QED) is 0.675. The Morgan fingerprint density at radius 1 is 1.39 bits per heavy atom. The van der Waals surface area contributed by atoms with Crippen LogP contribution in [0.5, 0.6) is 0 Å². The predicted octanol–water partition coefficient (Wildman–Crippen LogP) is 3.52. The van der Waals surface area contributed by atoms with Gasteiger partial charge in [0.15, 0.2) is 0 Å². The van der Waals surface area contributed by atoms with Crippen molar-refractivity contribution in [3.63, 3.8) is 0 Å². The molecule has 0 heterocycles. The van der Waals surface area contributed by atoms with Crippen molar-refractivity contribution in [3.05, 3.63) is 39.4 Å². The number of nitrogens with zero attached hydrogens (tertiary/aromatic N) is 1. The molecule has 0 unspecified atom stereocenters. The van der Waals surface area contributed by atoms with Crippen molar-refractivity contribution in [3.8, 4) is 0 Å². The summed E-state index contributed by atoms with van der Waals surface area (Å²) in [5, 5.41) is 10.9. The molecule has 5 heteroatoms. The lowest BCUT2D eigenvalue weighted by Crippen LogP contribution is -2.19. The van der Waals surface area contributed by atoms with Crippen molar-refractivity contribution in [2.24, 2.45) is 11.7 Å². The molecule has 0 saturated heterocycles. The van der Waals surface area contributed by atoms with Crippen LogP contribution < -0.4 is 5.73 Å². The topological polar surface area (TPSA) is 69.2 Å². The van der Waals surface area contributed by atoms with Crippen LogP contribution in [0.4, 0.5) is 5.69 Å². The average molecular weight is 271 g/mol. The second-order valence-corrected chi connectivity index (χ2v) is 4.87. The van der Waals surface area contributed by atoms with Gasteiger partial charge in [0, 0.05) is 17.7 Å². The van der Waals surface area contributed by atoms with Crippen LogP contribution >= 0.6 is 12.4 Å². The summed E-state index contributed by atoms with van der Waals surface area (Å²) >= 11 is 0. The van der Waals surface area contributed by atoms with Crippen LogP contribution in [-0.4, -0.2) is 4.92 Å². The van der Waals surface area contributed by atoms with E-state index in [2.05, 4.69) is 0 Å². The van der Waals surface area contributed by atoms with Gasteiger partial charge in [-0.25, -0.2) is 0 Å². The summed E-state index contributed by atoms with van der Waals surface area (Å²) in [4.78, 5) is 10.5. The predicted molar refractivity (Wildman–Crippen MR) is 74.0 cm³/mol. The molecule has 4 nitrogen and oxygen atoms in total. The average Bonchev–Trinajstić information content (AvgIpc) is 2.81. The van der Waals surface area contributed by atoms with Gasteiger partial charge in [0.1, 0.15) is 0 Å². The monoisotopic (exact) mass is 270 g/mol. The van der Waals surface area contributed by atoms with E-state index in [1.165, 1.54) is 12.8 Å². The highest BCUT2D eigenvalue weighted by molar-refractivity contribution is 5.85. The third kappa shape index (κ3) is 3.00. The number of rotatable bonds is 3. The van der Waals surface area contributed by atoms with Crippen LogP contribution in [0.15, 0.2) is 18.2 Å². The highest BCUT2D eigenvalue weighted by atomic mass is 35.5. The maximum Gasteiger partial charge on any atom is 0.272 e. The zero-order chi connectivity index (χ0) is 12.4. The first-order valence-electron chi connectivity index (χ1n) is 6.10. The molecule has 1 aromatic carbocycles. The number of nitro benzene ring substituents is 1. The molecule has 18 heavy (non-hydrogen) atoms. The molecule has 2 rings (SSSR count). The maximum atomic E-state index is 10.9. The number of aryl methyl sites for hydroxylation is 1. The van der Waals surface area contributed by atoms with Crippen molar-refractivity contribution in [1.82, 2.24) is 0 Å². The molecule has 0 spiro atoms. The Balaban J connectivity index is 0.00000162. The Bertz CT molecular complexity index is 431. The lowest BCUT2D eigenvalue weighted by atomic mass is 9.91. The van der Waals surface area contributed by atoms with E-state index in [4.69, 9.17) is 5.73 Å². The van der Waals surface area contributed by atoms with Gasteiger partial charge in [-0.3, -0.25) is 10.1 Å². The molecule has 1 fully saturated rings. The van der Waals surface area contributed by atoms with Crippen LogP contribution in [0, 0.1) is 23.0 Å². The highest BCUT2D eigenvalue weighted by Gasteiger charge is 2.24. The maximum absolute atomic E-state index is 10.9. The van der Waals surface area contributed by atoms with Gasteiger partial charge < -0.3 is 5.73 Å². The fourth-order valence-corrected chi connectivity index (χ4v) is 2.62. The minimum absolute atomic E-state index is 0. The van der Waals surface area contributed by atoms with Gasteiger partial charge in [-0.1, -0.05) is 25.0 Å². The summed E-state index contributed by atoms with van der Waals surface area (Å²) in [7, 11) is 0. The summed E-state index contributed by atoms with van der Waals surface area (Å²) in [6, 6.07) is 5.29. The van der Waals surface area contributed by atoms with Crippen molar-refractivity contribution in [2.75, 3.05) is 0 Å². The Hall–Kier alpha value is -1.13. The molecule has 1 aliphatic rings. The minimum Gasteiger partial charge on any atom is -0.324 e. The molecular weight excluding hydrogens is 252 g/mol. The standard InChI is InChI=1S/C13H18N2O2.ClH/c1-9-6-7-11(8-12(9)15(16)17)13(14)10-4-2-3-5-10;/h6-8,10,13H,2-5,14H2,1H3;1H/t13-;/m0./s1. The molecule has 0 bridgehead atoms. The van der Waals surface area contributed by atoms with E-state index in [9.17, 15) is 10.1 Å². The molecule has 1 aliphatic carbocycles. The minimum atomic E-state index is -0.333. The van der Waals surface area contributed by atoms with Gasteiger partial charge in [-0.05, 0) is 31.2 Å². The zero-order valence-corrected chi connectivity index (χ0v) is 11.3. The first-order chi connectivity index (χ1) is 8.09. The molecule has 1 saturated carbocycles. The van der Waals surface area contributed by atoms with E-state index in [0.717, 1.165) is 18.4 Å². The van der Waals surface area contributed by atoms with E-state index in [0.29, 0.717) is 11.5 Å². The zero-order valence-electron chi connectivity index (χ0n) is 10.5. The van der Waals surface area contributed by atoms with Gasteiger partial charge in [-0.15, -0.1) is 12.4 Å². The Labute approximate surface area is 113 Å². The van der Waals surface area contributed by atoms with E-state index in [1.807, 2.05) is 6.07 Å². The number of nitrogens with two attached hydrogens (primary N) is 1. The molecule has 1 aromatic rings. The second-order valence-electron chi connectivity index (χ2n) is 4.87. The Morgan fingerprint density at radius 2 is 2.00 bits per heavy atom. The van der Waals surface area contributed by atoms with Gasteiger partial charge in [0.25, 0.3) is 5.69 Å². The number of hydrogen-bond donors (Lipinski definition) is 1. The van der Waals surface area contributed by atoms with E-state index >= 15 is 0 Å². The molecular formula is C13H19ClN2O2.